The van der Waals surface area contributed by atoms with Crippen LogP contribution in [0.15, 0.2) is 36.4 Å². The Labute approximate surface area is 87.7 Å². The van der Waals surface area contributed by atoms with E-state index in [-0.39, 0.29) is 0 Å². The fraction of sp³-hybridized carbons (Fsp3) is 0.429. The van der Waals surface area contributed by atoms with Gasteiger partial charge < -0.3 is 0 Å². The highest BCUT2D eigenvalue weighted by molar-refractivity contribution is 5.14. The fourth-order valence-electron chi connectivity index (χ4n) is 1.59. The molecule has 14 heavy (non-hydrogen) atoms. The van der Waals surface area contributed by atoms with Crippen LogP contribution < -0.4 is 0 Å². The Hall–Kier alpha value is -1.04. The van der Waals surface area contributed by atoms with Crippen LogP contribution in [0.3, 0.4) is 0 Å². The lowest BCUT2D eigenvalue weighted by atomic mass is 10.1. The first-order valence-corrected chi connectivity index (χ1v) is 5.51. The van der Waals surface area contributed by atoms with Gasteiger partial charge in [0.15, 0.2) is 0 Å². The molecule has 0 fully saturated rings. The number of allylic oxidation sites excluding steroid dienone is 1. The van der Waals surface area contributed by atoms with Crippen LogP contribution in [0.5, 0.6) is 0 Å². The maximum atomic E-state index is 5.31. The summed E-state index contributed by atoms with van der Waals surface area (Å²) < 4.78 is 0. The van der Waals surface area contributed by atoms with Crippen molar-refractivity contribution in [2.45, 2.75) is 38.5 Å². The molecule has 75 valence electrons. The molecule has 0 nitrogen and oxygen atoms in total. The quantitative estimate of drug-likeness (QED) is 0.562. The van der Waals surface area contributed by atoms with Crippen LogP contribution >= 0.6 is 0 Å². The van der Waals surface area contributed by atoms with Crippen LogP contribution in [-0.2, 0) is 6.42 Å². The van der Waals surface area contributed by atoms with Crippen molar-refractivity contribution in [3.8, 4) is 0 Å². The van der Waals surface area contributed by atoms with Crippen LogP contribution in [0.1, 0.15) is 37.7 Å². The standard InChI is InChI=1S/C14H19/c1-2-3-4-5-6-8-11-14-12-9-7-10-13-14/h1-2,7,9-10,12-13H,3-6,8,11H2. The van der Waals surface area contributed by atoms with E-state index in [1.54, 1.807) is 6.08 Å². The predicted octanol–water partition coefficient (Wildman–Crippen LogP) is 4.17. The van der Waals surface area contributed by atoms with Crippen molar-refractivity contribution in [2.75, 3.05) is 0 Å². The molecule has 0 heteroatoms. The van der Waals surface area contributed by atoms with Crippen LogP contribution in [0.25, 0.3) is 0 Å². The van der Waals surface area contributed by atoms with Crippen molar-refractivity contribution >= 4 is 0 Å². The largest absolute Gasteiger partial charge is 0.0845 e. The van der Waals surface area contributed by atoms with E-state index in [9.17, 15) is 0 Å². The normalized spacial score (nSPS) is 10.0. The third-order valence-electron chi connectivity index (χ3n) is 2.43. The molecule has 0 atom stereocenters. The Kier molecular flexibility index (Phi) is 5.81. The Morgan fingerprint density at radius 2 is 1.64 bits per heavy atom. The van der Waals surface area contributed by atoms with Crippen molar-refractivity contribution in [3.63, 3.8) is 0 Å². The first-order valence-electron chi connectivity index (χ1n) is 5.51. The Morgan fingerprint density at radius 3 is 2.36 bits per heavy atom. The zero-order valence-electron chi connectivity index (χ0n) is 8.78. The maximum absolute atomic E-state index is 5.31. The van der Waals surface area contributed by atoms with E-state index in [2.05, 4.69) is 30.3 Å². The maximum Gasteiger partial charge on any atom is -0.0279 e. The molecule has 1 aromatic carbocycles. The molecule has 0 aliphatic heterocycles. The van der Waals surface area contributed by atoms with E-state index >= 15 is 0 Å². The highest BCUT2D eigenvalue weighted by atomic mass is 14.0. The summed E-state index contributed by atoms with van der Waals surface area (Å²) in [5, 5.41) is 0. The summed E-state index contributed by atoms with van der Waals surface area (Å²) in [6.45, 7) is 5.31. The van der Waals surface area contributed by atoms with Crippen LogP contribution in [0, 0.1) is 6.58 Å². The number of rotatable bonds is 7. The molecule has 0 aromatic heterocycles. The predicted molar refractivity (Wildman–Crippen MR) is 62.1 cm³/mol. The van der Waals surface area contributed by atoms with Crippen LogP contribution in [0.2, 0.25) is 0 Å². The Balaban J connectivity index is 2.02. The first-order chi connectivity index (χ1) is 6.93. The molecule has 1 rings (SSSR count). The van der Waals surface area contributed by atoms with Gasteiger partial charge in [-0.2, -0.15) is 0 Å². The smallest absolute Gasteiger partial charge is 0.0279 e. The Bertz CT molecular complexity index is 235. The molecule has 0 aliphatic rings. The van der Waals surface area contributed by atoms with Gasteiger partial charge in [0.05, 0.1) is 0 Å². The van der Waals surface area contributed by atoms with E-state index in [0.717, 1.165) is 6.42 Å². The monoisotopic (exact) mass is 187 g/mol. The molecule has 0 bridgehead atoms. The molecule has 0 aliphatic carbocycles. The molecular weight excluding hydrogens is 168 g/mol. The minimum absolute atomic E-state index is 1.06. The van der Waals surface area contributed by atoms with Crippen molar-refractivity contribution in [2.24, 2.45) is 0 Å². The van der Waals surface area contributed by atoms with Gasteiger partial charge in [-0.15, -0.1) is 0 Å². The van der Waals surface area contributed by atoms with E-state index in [4.69, 9.17) is 6.58 Å². The van der Waals surface area contributed by atoms with Gasteiger partial charge in [-0.25, -0.2) is 0 Å². The van der Waals surface area contributed by atoms with E-state index in [0.29, 0.717) is 0 Å². The molecule has 0 saturated heterocycles. The van der Waals surface area contributed by atoms with Crippen molar-refractivity contribution in [1.29, 1.82) is 0 Å². The molecule has 0 unspecified atom stereocenters. The second kappa shape index (κ2) is 7.37. The number of benzene rings is 1. The van der Waals surface area contributed by atoms with Crippen molar-refractivity contribution in [1.82, 2.24) is 0 Å². The van der Waals surface area contributed by atoms with Crippen molar-refractivity contribution in [3.05, 3.63) is 48.6 Å². The Morgan fingerprint density at radius 1 is 0.929 bits per heavy atom. The molecular formula is C14H19. The molecule has 0 heterocycles. The second-order valence-corrected chi connectivity index (χ2v) is 3.67. The molecule has 0 saturated carbocycles. The van der Waals surface area contributed by atoms with Gasteiger partial charge in [0, 0.05) is 0 Å². The summed E-state index contributed by atoms with van der Waals surface area (Å²) in [5.41, 5.74) is 1.46. The van der Waals surface area contributed by atoms with E-state index in [1.807, 2.05) is 0 Å². The summed E-state index contributed by atoms with van der Waals surface area (Å²) in [4.78, 5) is 0. The summed E-state index contributed by atoms with van der Waals surface area (Å²) in [7, 11) is 0. The highest BCUT2D eigenvalue weighted by Gasteiger charge is 1.91. The first kappa shape index (κ1) is 11.0. The van der Waals surface area contributed by atoms with Crippen LogP contribution in [-0.4, -0.2) is 0 Å². The number of aryl methyl sites for hydroxylation is 1. The average Bonchev–Trinajstić information content (AvgIpc) is 2.25. The number of hydrogen-bond acceptors (Lipinski definition) is 0. The third kappa shape index (κ3) is 4.86. The summed E-state index contributed by atoms with van der Waals surface area (Å²) in [5.74, 6) is 0. The highest BCUT2D eigenvalue weighted by Crippen LogP contribution is 2.08. The minimum atomic E-state index is 1.06. The molecule has 1 aromatic rings. The fourth-order valence-corrected chi connectivity index (χ4v) is 1.59. The SMILES string of the molecule is [CH]=CCCCCCCc1ccccc1. The van der Waals surface area contributed by atoms with E-state index < -0.39 is 0 Å². The molecule has 1 radical (unpaired) electrons. The second-order valence-electron chi connectivity index (χ2n) is 3.67. The molecule has 0 spiro atoms. The summed E-state index contributed by atoms with van der Waals surface area (Å²) in [6.07, 6.45) is 9.21. The van der Waals surface area contributed by atoms with Gasteiger partial charge >= 0.3 is 0 Å². The lowest BCUT2D eigenvalue weighted by Crippen LogP contribution is -1.85. The van der Waals surface area contributed by atoms with Gasteiger partial charge in [-0.3, -0.25) is 0 Å². The van der Waals surface area contributed by atoms with Gasteiger partial charge in [0.2, 0.25) is 0 Å². The molecule has 0 N–H and O–H groups in total. The topological polar surface area (TPSA) is 0 Å². The summed E-state index contributed by atoms with van der Waals surface area (Å²) in [6, 6.07) is 10.7. The number of unbranched alkanes of at least 4 members (excludes halogenated alkanes) is 4. The zero-order chi connectivity index (χ0) is 10.1. The van der Waals surface area contributed by atoms with Gasteiger partial charge in [-0.1, -0.05) is 55.8 Å². The average molecular weight is 187 g/mol. The van der Waals surface area contributed by atoms with Gasteiger partial charge in [0.1, 0.15) is 0 Å². The lowest BCUT2D eigenvalue weighted by molar-refractivity contribution is 0.646. The van der Waals surface area contributed by atoms with Gasteiger partial charge in [0.25, 0.3) is 0 Å². The molecule has 0 amide bonds. The van der Waals surface area contributed by atoms with Gasteiger partial charge in [-0.05, 0) is 31.2 Å². The van der Waals surface area contributed by atoms with Crippen LogP contribution in [0.4, 0.5) is 0 Å². The summed E-state index contributed by atoms with van der Waals surface area (Å²) >= 11 is 0. The lowest BCUT2D eigenvalue weighted by Gasteiger charge is -2.00. The van der Waals surface area contributed by atoms with E-state index in [1.165, 1.54) is 37.7 Å². The third-order valence-corrected chi connectivity index (χ3v) is 2.43. The number of hydrogen-bond donors (Lipinski definition) is 0. The zero-order valence-corrected chi connectivity index (χ0v) is 8.78. The van der Waals surface area contributed by atoms with Crippen molar-refractivity contribution < 1.29 is 0 Å². The minimum Gasteiger partial charge on any atom is -0.0845 e.